The third kappa shape index (κ3) is 25.3. The van der Waals surface area contributed by atoms with E-state index in [2.05, 4.69) is 0 Å². The Bertz CT molecular complexity index is 3140. The summed E-state index contributed by atoms with van der Waals surface area (Å²) < 4.78 is 171. The number of halogens is 9. The van der Waals surface area contributed by atoms with E-state index < -0.39 is 71.3 Å². The molecule has 20 bridgehead atoms. The average Bonchev–Trinajstić information content (AvgIpc) is 0.727. The van der Waals surface area contributed by atoms with Crippen LogP contribution in [0.15, 0.2) is 0 Å². The number of alkyl halides is 9. The van der Waals surface area contributed by atoms with E-state index in [4.69, 9.17) is 47.4 Å². The fraction of sp³-hybridized carbons (Fsp3) is 0.926. The summed E-state index contributed by atoms with van der Waals surface area (Å²) in [5.41, 5.74) is -7.68. The molecule has 0 saturated heterocycles. The van der Waals surface area contributed by atoms with Crippen LogP contribution in [0.25, 0.3) is 0 Å². The van der Waals surface area contributed by atoms with Crippen LogP contribution in [-0.4, -0.2) is 125 Å². The lowest BCUT2D eigenvalue weighted by Crippen LogP contribution is -2.55. The molecule has 0 amide bonds. The number of hydrogen-bond donors (Lipinski definition) is 0. The molecule has 14 unspecified atom stereocenters. The maximum atomic E-state index is 13.0. The molecule has 0 aromatic heterocycles. The van der Waals surface area contributed by atoms with Gasteiger partial charge in [0.05, 0.1) is 42.4 Å². The smallest absolute Gasteiger partial charge is 0.404 e. The number of Topliss-reactive ketones (excluding diaryl/α,β-unsaturated/α-hetero) is 2. The van der Waals surface area contributed by atoms with Gasteiger partial charge in [-0.25, -0.2) is 0 Å². The van der Waals surface area contributed by atoms with Crippen molar-refractivity contribution in [2.24, 2.45) is 145 Å². The van der Waals surface area contributed by atoms with Crippen LogP contribution in [0.1, 0.15) is 337 Å². The monoisotopic (exact) mass is 1750 g/mol. The molecule has 0 radical (unpaired) electrons. The second kappa shape index (κ2) is 46.2. The van der Waals surface area contributed by atoms with Gasteiger partial charge in [-0.1, -0.05) is 116 Å². The minimum Gasteiger partial charge on any atom is -0.438 e. The number of ketones is 2. The fourth-order valence-electron chi connectivity index (χ4n) is 24.0. The Hall–Kier alpha value is -4.14. The van der Waals surface area contributed by atoms with E-state index in [9.17, 15) is 73.1 Å². The molecule has 121 heavy (non-hydrogen) atoms. The highest BCUT2D eigenvalue weighted by atomic mass is 19.4. The minimum atomic E-state index is -4.67. The van der Waals surface area contributed by atoms with E-state index in [0.717, 1.165) is 183 Å². The topological polar surface area (TPSA) is 212 Å². The van der Waals surface area contributed by atoms with E-state index >= 15 is 0 Å². The lowest BCUT2D eigenvalue weighted by atomic mass is 9.50. The Morgan fingerprint density at radius 3 is 0.893 bits per heavy atom. The van der Waals surface area contributed by atoms with Gasteiger partial charge in [0.25, 0.3) is 0 Å². The van der Waals surface area contributed by atoms with Crippen LogP contribution >= 0.6 is 0 Å². The Labute approximate surface area is 724 Å². The SMILES string of the molecule is C.C.C.C.C.C.C.C.C.C.CCC(C)(C(=O)OCOC1C2CC3CC(C2)C(=O)C1C3)C(F)(F)F.CCC(C)(C(=O)OCOC1C2CC3CC(C2)CC1C3)C(F)(F)F.CCC(C)(C(=O)OCOCC12CC3CC(CC(C3)C1)C2)C(F)(F)F.CCC(C)(C)C(=O)OCOC1C2CC3CC(C2)CC1C3.CCC(C)C(=O)OCOC1C2CC3CC(C2)C(=O)C1C3. The van der Waals surface area contributed by atoms with Crippen molar-refractivity contribution in [3.63, 3.8) is 0 Å². The van der Waals surface area contributed by atoms with Gasteiger partial charge in [-0.2, -0.15) is 39.5 Å². The number of hydrogen-bond acceptors (Lipinski definition) is 17. The molecule has 17 nitrogen and oxygen atoms in total. The van der Waals surface area contributed by atoms with E-state index in [1.165, 1.54) is 85.0 Å². The number of esters is 5. The van der Waals surface area contributed by atoms with E-state index in [-0.39, 0.29) is 185 Å². The van der Waals surface area contributed by atoms with Crippen molar-refractivity contribution < 1.29 is 120 Å². The van der Waals surface area contributed by atoms with E-state index in [0.29, 0.717) is 48.1 Å². The van der Waals surface area contributed by atoms with E-state index in [1.54, 1.807) is 0 Å². The molecule has 0 aromatic carbocycles. The first-order valence-corrected chi connectivity index (χ1v) is 42.3. The van der Waals surface area contributed by atoms with Crippen LogP contribution in [-0.2, 0) is 80.9 Å². The third-order valence-electron chi connectivity index (χ3n) is 30.9. The second-order valence-electron chi connectivity index (χ2n) is 38.6. The normalized spacial score (nSPS) is 35.2. The van der Waals surface area contributed by atoms with Crippen LogP contribution in [0.3, 0.4) is 0 Å². The molecule has 20 rings (SSSR count). The Balaban J connectivity index is 0.000000742. The lowest BCUT2D eigenvalue weighted by molar-refractivity contribution is -0.242. The van der Waals surface area contributed by atoms with Crippen molar-refractivity contribution in [3.8, 4) is 0 Å². The van der Waals surface area contributed by atoms with Crippen LogP contribution in [0.4, 0.5) is 39.5 Å². The van der Waals surface area contributed by atoms with Gasteiger partial charge in [-0.05, 0) is 315 Å². The molecule has 20 fully saturated rings. The van der Waals surface area contributed by atoms with Gasteiger partial charge in [0, 0.05) is 23.7 Å². The number of ether oxygens (including phenoxy) is 10. The highest BCUT2D eigenvalue weighted by Crippen LogP contribution is 2.62. The van der Waals surface area contributed by atoms with Crippen LogP contribution < -0.4 is 0 Å². The standard InChI is InChI=1S/C18H27F3O3.C17H23F3O4.C17H25F3O3.C17H28O3.C16H24O4.10CH4/c1-3-16(2,18(19,20)21)15(22)24-11-23-10-17-7-12-4-13(8-17)6-14(5-12)9-17;1-3-16(2,17(18,19)20)15(22)24-8-23-14-11-5-9-4-10(7-11)13(21)12(14)6-9;1-3-16(2,17(18,19)20)15(21)23-9-22-14-12-5-10-4-11(7-12)8-13(14)6-10;1-4-17(2,3)16(18)20-10-19-15-13-6-11-5-12(8-13)9-14(15)7-11;1-3-9(2)16(18)20-8-19-15-12-5-10-4-11(7-12)14(17)13(15)6-10;;;;;;;;;;/h12-14H,3-11H2,1-2H3;9-12,14H,3-8H2,1-2H3;10-14H,3-9H2,1-2H3;11-15H,4-10H2,1-3H3;9-13,15H,3-8H2,1-2H3;10*1H4. The zero-order valence-electron chi connectivity index (χ0n) is 67.4. The molecule has 20 saturated carbocycles. The summed E-state index contributed by atoms with van der Waals surface area (Å²) in [7, 11) is 0. The molecule has 712 valence electrons. The summed E-state index contributed by atoms with van der Waals surface area (Å²) in [5, 5.41) is 0. The van der Waals surface area contributed by atoms with Gasteiger partial charge in [0.1, 0.15) is 11.6 Å². The first-order chi connectivity index (χ1) is 52.2. The second-order valence-corrected chi connectivity index (χ2v) is 38.6. The first-order valence-electron chi connectivity index (χ1n) is 42.3. The molecule has 20 aliphatic carbocycles. The summed E-state index contributed by atoms with van der Waals surface area (Å²) in [6, 6.07) is 0. The minimum absolute atomic E-state index is 0. The maximum Gasteiger partial charge on any atom is 0.404 e. The lowest BCUT2D eigenvalue weighted by Gasteiger charge is -2.56. The van der Waals surface area contributed by atoms with Gasteiger partial charge in [0.2, 0.25) is 0 Å². The number of carbonyl (C=O) groups is 7. The first kappa shape index (κ1) is 115. The summed E-state index contributed by atoms with van der Waals surface area (Å²) >= 11 is 0. The zero-order valence-corrected chi connectivity index (χ0v) is 67.4. The van der Waals surface area contributed by atoms with Crippen molar-refractivity contribution in [2.75, 3.05) is 40.6 Å². The molecule has 0 heterocycles. The molecule has 0 N–H and O–H groups in total. The quantitative estimate of drug-likeness (QED) is 0.0259. The zero-order chi connectivity index (χ0) is 80.7. The molecule has 14 atom stereocenters. The van der Waals surface area contributed by atoms with Crippen LogP contribution in [0.5, 0.6) is 0 Å². The summed E-state index contributed by atoms with van der Waals surface area (Å²) in [6.07, 6.45) is 14.7. The maximum absolute atomic E-state index is 13.0. The van der Waals surface area contributed by atoms with Crippen LogP contribution in [0.2, 0.25) is 0 Å². The number of rotatable bonds is 26. The molecular weight excluding hydrogens is 1580 g/mol. The van der Waals surface area contributed by atoms with Crippen molar-refractivity contribution in [1.82, 2.24) is 0 Å². The average molecular weight is 1750 g/mol. The molecule has 0 spiro atoms. The third-order valence-corrected chi connectivity index (χ3v) is 30.9. The van der Waals surface area contributed by atoms with Gasteiger partial charge in [-0.15, -0.1) is 0 Å². The van der Waals surface area contributed by atoms with Crippen molar-refractivity contribution >= 4 is 41.4 Å². The van der Waals surface area contributed by atoms with Crippen LogP contribution in [0, 0.1) is 145 Å². The fourth-order valence-corrected chi connectivity index (χ4v) is 24.0. The van der Waals surface area contributed by atoms with Crippen molar-refractivity contribution in [2.45, 2.75) is 380 Å². The molecule has 26 heteroatoms. The summed E-state index contributed by atoms with van der Waals surface area (Å²) in [6.45, 7) is 15.7. The molecule has 0 aliphatic heterocycles. The Morgan fingerprint density at radius 1 is 0.339 bits per heavy atom. The predicted octanol–water partition coefficient (Wildman–Crippen LogP) is 25.2. The van der Waals surface area contributed by atoms with Gasteiger partial charge < -0.3 is 47.4 Å². The van der Waals surface area contributed by atoms with Gasteiger partial charge in [0.15, 0.2) is 50.2 Å². The summed E-state index contributed by atoms with van der Waals surface area (Å²) in [5.74, 6) is 7.03. The van der Waals surface area contributed by atoms with Gasteiger partial charge in [-0.3, -0.25) is 33.6 Å². The van der Waals surface area contributed by atoms with Crippen molar-refractivity contribution in [3.05, 3.63) is 0 Å². The largest absolute Gasteiger partial charge is 0.438 e. The highest BCUT2D eigenvalue weighted by Gasteiger charge is 2.62. The highest BCUT2D eigenvalue weighted by molar-refractivity contribution is 5.87. The van der Waals surface area contributed by atoms with Crippen molar-refractivity contribution in [1.29, 1.82) is 0 Å². The van der Waals surface area contributed by atoms with E-state index in [1.807, 2.05) is 34.6 Å². The Kier molecular flexibility index (Phi) is 43.9. The summed E-state index contributed by atoms with van der Waals surface area (Å²) in [4.78, 5) is 83.7. The molecular formula is C95H167F9O17. The number of carbonyl (C=O) groups excluding carboxylic acids is 7. The predicted molar refractivity (Wildman–Crippen MR) is 454 cm³/mol. The molecule has 0 aromatic rings. The molecule has 20 aliphatic rings. The van der Waals surface area contributed by atoms with Gasteiger partial charge >= 0.3 is 48.4 Å². The Morgan fingerprint density at radius 2 is 0.603 bits per heavy atom.